The van der Waals surface area contributed by atoms with Gasteiger partial charge in [0.2, 0.25) is 0 Å². The van der Waals surface area contributed by atoms with E-state index >= 15 is 4.39 Å². The molecule has 4 rings (SSSR count). The third-order valence-electron chi connectivity index (χ3n) is 6.28. The van der Waals surface area contributed by atoms with E-state index in [4.69, 9.17) is 4.74 Å². The molecule has 1 aliphatic rings. The molecule has 0 aliphatic heterocycles. The van der Waals surface area contributed by atoms with Gasteiger partial charge in [0.1, 0.15) is 17.4 Å². The molecule has 202 valence electrons. The zero-order valence-electron chi connectivity index (χ0n) is 21.8. The summed E-state index contributed by atoms with van der Waals surface area (Å²) in [7, 11) is 0. The van der Waals surface area contributed by atoms with E-state index in [2.05, 4.69) is 32.6 Å². The fourth-order valence-corrected chi connectivity index (χ4v) is 4.27. The van der Waals surface area contributed by atoms with Crippen LogP contribution in [0.3, 0.4) is 0 Å². The summed E-state index contributed by atoms with van der Waals surface area (Å²) in [5.74, 6) is -1.86. The molecule has 39 heavy (non-hydrogen) atoms. The van der Waals surface area contributed by atoms with Gasteiger partial charge < -0.3 is 15.4 Å². The monoisotopic (exact) mass is 531 g/mol. The van der Waals surface area contributed by atoms with Crippen LogP contribution in [0, 0.1) is 5.82 Å². The number of carbonyl (C=O) groups excluding carboxylic acids is 3. The van der Waals surface area contributed by atoms with E-state index in [0.717, 1.165) is 11.3 Å². The van der Waals surface area contributed by atoms with Gasteiger partial charge in [0.05, 0.1) is 17.7 Å². The van der Waals surface area contributed by atoms with Gasteiger partial charge in [0, 0.05) is 42.4 Å². The van der Waals surface area contributed by atoms with E-state index in [9.17, 15) is 14.4 Å². The van der Waals surface area contributed by atoms with E-state index in [-0.39, 0.29) is 34.6 Å². The second kappa shape index (κ2) is 12.3. The zero-order chi connectivity index (χ0) is 27.9. The fraction of sp³-hybridized carbons (Fsp3) is 0.276. The van der Waals surface area contributed by atoms with Crippen LogP contribution < -0.4 is 20.7 Å². The Morgan fingerprint density at radius 2 is 1.97 bits per heavy atom. The van der Waals surface area contributed by atoms with Crippen molar-refractivity contribution in [2.24, 2.45) is 4.99 Å². The molecule has 1 heterocycles. The number of amides is 2. The second-order valence-electron chi connectivity index (χ2n) is 9.10. The average molecular weight is 532 g/mol. The number of hydrogen-bond donors (Lipinski definition) is 3. The largest absolute Gasteiger partial charge is 0.422 e. The lowest BCUT2D eigenvalue weighted by atomic mass is 9.99. The molecule has 3 N–H and O–H groups in total. The Morgan fingerprint density at radius 3 is 2.67 bits per heavy atom. The van der Waals surface area contributed by atoms with E-state index in [1.807, 2.05) is 13.0 Å². The van der Waals surface area contributed by atoms with Crippen molar-refractivity contribution in [3.05, 3.63) is 82.8 Å². The van der Waals surface area contributed by atoms with Crippen molar-refractivity contribution in [2.45, 2.75) is 45.2 Å². The van der Waals surface area contributed by atoms with Crippen LogP contribution in [0.1, 0.15) is 64.4 Å². The van der Waals surface area contributed by atoms with Crippen molar-refractivity contribution in [3.63, 3.8) is 0 Å². The minimum Gasteiger partial charge on any atom is -0.422 e. The molecule has 9 nitrogen and oxygen atoms in total. The van der Waals surface area contributed by atoms with Gasteiger partial charge in [-0.3, -0.25) is 15.1 Å². The van der Waals surface area contributed by atoms with Gasteiger partial charge in [-0.25, -0.2) is 19.0 Å². The third kappa shape index (κ3) is 6.64. The Labute approximate surface area is 225 Å². The number of nitrogens with zero attached hydrogens (tertiary/aromatic N) is 2. The Kier molecular flexibility index (Phi) is 8.65. The number of esters is 1. The van der Waals surface area contributed by atoms with Gasteiger partial charge in [-0.2, -0.15) is 0 Å². The van der Waals surface area contributed by atoms with E-state index in [0.29, 0.717) is 25.3 Å². The van der Waals surface area contributed by atoms with Crippen LogP contribution in [0.15, 0.2) is 59.7 Å². The van der Waals surface area contributed by atoms with Crippen LogP contribution in [0.25, 0.3) is 0 Å². The maximum Gasteiger partial charge on any atom is 0.343 e. The van der Waals surface area contributed by atoms with Crippen LogP contribution >= 0.6 is 0 Å². The van der Waals surface area contributed by atoms with Gasteiger partial charge in [0.15, 0.2) is 5.78 Å². The topological polar surface area (TPSA) is 122 Å². The molecule has 1 unspecified atom stereocenters. The number of ketones is 1. The Morgan fingerprint density at radius 1 is 1.15 bits per heavy atom. The molecular weight excluding hydrogens is 501 g/mol. The molecule has 10 heteroatoms. The number of aliphatic imine (C=N–C) groups is 1. The maximum absolute atomic E-state index is 15.2. The van der Waals surface area contributed by atoms with E-state index in [1.54, 1.807) is 43.5 Å². The molecule has 0 radical (unpaired) electrons. The lowest BCUT2D eigenvalue weighted by Gasteiger charge is -2.16. The molecule has 2 aromatic carbocycles. The molecule has 3 aromatic rings. The highest BCUT2D eigenvalue weighted by molar-refractivity contribution is 6.01. The van der Waals surface area contributed by atoms with E-state index in [1.165, 1.54) is 12.1 Å². The number of pyridine rings is 1. The van der Waals surface area contributed by atoms with Crippen LogP contribution in [-0.4, -0.2) is 42.1 Å². The van der Waals surface area contributed by atoms with Crippen LogP contribution in [0.2, 0.25) is 0 Å². The molecule has 1 fully saturated rings. The van der Waals surface area contributed by atoms with Gasteiger partial charge >= 0.3 is 12.0 Å². The number of rotatable bonds is 11. The van der Waals surface area contributed by atoms with Gasteiger partial charge in [-0.15, -0.1) is 0 Å². The van der Waals surface area contributed by atoms with Gasteiger partial charge in [-0.1, -0.05) is 19.1 Å². The first-order valence-corrected chi connectivity index (χ1v) is 12.7. The van der Waals surface area contributed by atoms with Crippen LogP contribution in [-0.2, 0) is 6.54 Å². The highest BCUT2D eigenvalue weighted by atomic mass is 19.1. The first-order valence-electron chi connectivity index (χ1n) is 12.7. The molecule has 0 bridgehead atoms. The molecule has 0 spiro atoms. The number of benzene rings is 2. The summed E-state index contributed by atoms with van der Waals surface area (Å²) >= 11 is 0. The predicted molar refractivity (Wildman–Crippen MR) is 147 cm³/mol. The third-order valence-corrected chi connectivity index (χ3v) is 6.28. The normalized spacial score (nSPS) is 15.7. The average Bonchev–Trinajstić information content (AvgIpc) is 3.68. The smallest absolute Gasteiger partial charge is 0.343 e. The number of anilines is 2. The minimum absolute atomic E-state index is 0.0928. The van der Waals surface area contributed by atoms with Gasteiger partial charge in [0.25, 0.3) is 0 Å². The molecule has 1 aromatic heterocycles. The number of Topliss-reactive ketones (excluding diaryl/α,β-unsaturated/α-hetero) is 1. The molecule has 2 atom stereocenters. The Hall–Kier alpha value is -4.60. The Bertz CT molecular complexity index is 1390. The molecule has 1 aliphatic carbocycles. The van der Waals surface area contributed by atoms with Crippen molar-refractivity contribution in [2.75, 3.05) is 17.2 Å². The second-order valence-corrected chi connectivity index (χ2v) is 9.10. The van der Waals surface area contributed by atoms with Crippen molar-refractivity contribution < 1.29 is 23.5 Å². The quantitative estimate of drug-likeness (QED) is 0.133. The summed E-state index contributed by atoms with van der Waals surface area (Å²) in [4.78, 5) is 46.3. The summed E-state index contributed by atoms with van der Waals surface area (Å²) in [6.45, 7) is 8.13. The number of nitrogens with one attached hydrogen (secondary N) is 3. The summed E-state index contributed by atoms with van der Waals surface area (Å²) in [6.07, 6.45) is 2.14. The SMILES string of the molecule is C=NCc1ccc(NC(=O)NC2C[C@H]2c2c(F)ccc(C(=O)CC)c2OC(=O)c2cccc(NCC)c2)nc1. The number of urea groups is 1. The number of halogens is 1. The predicted octanol–water partition coefficient (Wildman–Crippen LogP) is 5.34. The first kappa shape index (κ1) is 27.4. The summed E-state index contributed by atoms with van der Waals surface area (Å²) in [6, 6.07) is 11.7. The summed E-state index contributed by atoms with van der Waals surface area (Å²) in [5.41, 5.74) is 2.06. The molecular formula is C29H30FN5O4. The van der Waals surface area contributed by atoms with Crippen LogP contribution in [0.5, 0.6) is 5.75 Å². The molecule has 2 amide bonds. The highest BCUT2D eigenvalue weighted by Gasteiger charge is 2.44. The summed E-state index contributed by atoms with van der Waals surface area (Å²) in [5, 5.41) is 8.57. The lowest BCUT2D eigenvalue weighted by molar-refractivity contribution is 0.0730. The number of hydrogen-bond acceptors (Lipinski definition) is 7. The fourth-order valence-electron chi connectivity index (χ4n) is 4.27. The molecule has 0 saturated heterocycles. The Balaban J connectivity index is 1.53. The first-order chi connectivity index (χ1) is 18.8. The van der Waals surface area contributed by atoms with Gasteiger partial charge in [-0.05, 0) is 62.0 Å². The number of carbonyl (C=O) groups is 3. The maximum atomic E-state index is 15.2. The highest BCUT2D eigenvalue weighted by Crippen LogP contribution is 2.47. The van der Waals surface area contributed by atoms with E-state index < -0.39 is 29.8 Å². The lowest BCUT2D eigenvalue weighted by Crippen LogP contribution is -2.31. The van der Waals surface area contributed by atoms with Crippen molar-refractivity contribution in [3.8, 4) is 5.75 Å². The number of ether oxygens (including phenoxy) is 1. The van der Waals surface area contributed by atoms with Crippen LogP contribution in [0.4, 0.5) is 20.7 Å². The van der Waals surface area contributed by atoms with Crippen molar-refractivity contribution >= 4 is 36.0 Å². The molecule has 1 saturated carbocycles. The van der Waals surface area contributed by atoms with Crippen molar-refractivity contribution in [1.82, 2.24) is 10.3 Å². The number of aromatic nitrogens is 1. The minimum atomic E-state index is -0.712. The van der Waals surface area contributed by atoms with Crippen molar-refractivity contribution in [1.29, 1.82) is 0 Å². The zero-order valence-corrected chi connectivity index (χ0v) is 21.8. The summed E-state index contributed by atoms with van der Waals surface area (Å²) < 4.78 is 20.9. The standard InChI is InChI=1S/C29H30FN5O4/c1-4-24(36)20-10-11-22(30)26(27(20)39-28(37)18-7-6-8-19(13-18)32-5-2)21-14-23(21)34-29(38)35-25-12-9-17(15-31-3)16-33-25/h6-13,16,21,23,32H,3-5,14-15H2,1-2H3,(H2,33,34,35,38)/t21-,23?/m1/s1.